The lowest BCUT2D eigenvalue weighted by molar-refractivity contribution is 0.179. The van der Waals surface area contributed by atoms with Crippen molar-refractivity contribution >= 4 is 17.8 Å². The molecule has 1 amide bonds. The highest BCUT2D eigenvalue weighted by Gasteiger charge is 2.38. The van der Waals surface area contributed by atoms with Gasteiger partial charge in [-0.15, -0.1) is 0 Å². The molecule has 0 saturated heterocycles. The first-order valence-corrected chi connectivity index (χ1v) is 8.03. The molecule has 124 valence electrons. The van der Waals surface area contributed by atoms with Crippen molar-refractivity contribution in [3.05, 3.63) is 29.3 Å². The summed E-state index contributed by atoms with van der Waals surface area (Å²) in [6.07, 6.45) is 3.30. The number of fused-ring (bicyclic) bond motifs is 1. The van der Waals surface area contributed by atoms with Crippen LogP contribution in [0.5, 0.6) is 0 Å². The van der Waals surface area contributed by atoms with Gasteiger partial charge in [-0.2, -0.15) is 0 Å². The minimum atomic E-state index is -0.327. The third-order valence-corrected chi connectivity index (χ3v) is 4.67. The van der Waals surface area contributed by atoms with E-state index in [0.29, 0.717) is 13.2 Å². The molecule has 23 heavy (non-hydrogen) atoms. The van der Waals surface area contributed by atoms with Crippen molar-refractivity contribution in [3.8, 4) is 0 Å². The maximum absolute atomic E-state index is 12.1. The van der Waals surface area contributed by atoms with E-state index in [1.807, 2.05) is 19.1 Å². The number of hydrogen-bond acceptors (Lipinski definition) is 5. The van der Waals surface area contributed by atoms with E-state index in [-0.39, 0.29) is 17.7 Å². The number of rotatable bonds is 2. The normalized spacial score (nSPS) is 22.8. The van der Waals surface area contributed by atoms with Crippen LogP contribution in [0.2, 0.25) is 0 Å². The second kappa shape index (κ2) is 6.10. The second-order valence-electron chi connectivity index (χ2n) is 6.12. The molecule has 0 bridgehead atoms. The van der Waals surface area contributed by atoms with Crippen molar-refractivity contribution in [2.45, 2.75) is 38.1 Å². The summed E-state index contributed by atoms with van der Waals surface area (Å²) in [4.78, 5) is 18.3. The first-order chi connectivity index (χ1) is 11.1. The van der Waals surface area contributed by atoms with Gasteiger partial charge in [0.1, 0.15) is 12.1 Å². The average molecular weight is 317 g/mol. The van der Waals surface area contributed by atoms with Gasteiger partial charge >= 0.3 is 6.09 Å². The molecular formula is C17H23N3O3. The molecule has 1 aromatic carbocycles. The number of methoxy groups -OCH3 is 1. The van der Waals surface area contributed by atoms with Gasteiger partial charge in [-0.1, -0.05) is 12.1 Å². The van der Waals surface area contributed by atoms with Gasteiger partial charge in [-0.3, -0.25) is 4.90 Å². The molecule has 2 N–H and O–H groups in total. The predicted octanol–water partition coefficient (Wildman–Crippen LogP) is 2.24. The third-order valence-electron chi connectivity index (χ3n) is 4.67. The number of nitrogens with two attached hydrogens (primary N) is 1. The highest BCUT2D eigenvalue weighted by molar-refractivity contribution is 5.88. The fraction of sp³-hybridized carbons (Fsp3) is 0.529. The molecule has 0 saturated carbocycles. The lowest BCUT2D eigenvalue weighted by Gasteiger charge is -2.25. The number of nitrogens with zero attached hydrogens (tertiary/aromatic N) is 2. The van der Waals surface area contributed by atoms with Gasteiger partial charge in [0.2, 0.25) is 0 Å². The smallest absolute Gasteiger partial charge is 0.413 e. The Labute approximate surface area is 136 Å². The first-order valence-electron chi connectivity index (χ1n) is 8.03. The first kappa shape index (κ1) is 15.6. The highest BCUT2D eigenvalue weighted by Crippen LogP contribution is 2.37. The Morgan fingerprint density at radius 1 is 1.52 bits per heavy atom. The maximum atomic E-state index is 12.1. The standard InChI is InChI=1S/C17H23N3O3/c1-3-20(16(21)22-2)14-8-4-6-12-10-17(9-5-7-13(12)14)11-23-15(18)19-17/h4,6,8H,3,5,7,9-11H2,1-2H3,(H2,18,19). The molecular weight excluding hydrogens is 294 g/mol. The molecule has 1 spiro atoms. The van der Waals surface area contributed by atoms with E-state index >= 15 is 0 Å². The number of amidine groups is 1. The van der Waals surface area contributed by atoms with Crippen molar-refractivity contribution < 1.29 is 14.3 Å². The SMILES string of the molecule is CCN(C(=O)OC)c1cccc2c1CCCC1(COC(N)=N1)C2. The molecule has 1 heterocycles. The van der Waals surface area contributed by atoms with Gasteiger partial charge in [0.05, 0.1) is 12.8 Å². The van der Waals surface area contributed by atoms with Crippen LogP contribution in [0.1, 0.15) is 30.9 Å². The van der Waals surface area contributed by atoms with Crippen molar-refractivity contribution in [2.75, 3.05) is 25.2 Å². The zero-order valence-electron chi connectivity index (χ0n) is 13.7. The third kappa shape index (κ3) is 2.85. The summed E-state index contributed by atoms with van der Waals surface area (Å²) in [6, 6.07) is 6.37. The van der Waals surface area contributed by atoms with Crippen LogP contribution in [0.15, 0.2) is 23.2 Å². The van der Waals surface area contributed by atoms with Crippen molar-refractivity contribution in [1.82, 2.24) is 0 Å². The fourth-order valence-corrected chi connectivity index (χ4v) is 3.60. The van der Waals surface area contributed by atoms with Crippen LogP contribution in [-0.2, 0) is 22.3 Å². The van der Waals surface area contributed by atoms with Crippen molar-refractivity contribution in [2.24, 2.45) is 10.7 Å². The lowest BCUT2D eigenvalue weighted by atomic mass is 9.90. The Hall–Kier alpha value is -2.24. The predicted molar refractivity (Wildman–Crippen MR) is 88.8 cm³/mol. The van der Waals surface area contributed by atoms with Crippen LogP contribution in [0, 0.1) is 0 Å². The van der Waals surface area contributed by atoms with Crippen LogP contribution in [0.25, 0.3) is 0 Å². The van der Waals surface area contributed by atoms with E-state index in [9.17, 15) is 4.79 Å². The van der Waals surface area contributed by atoms with Gasteiger partial charge in [-0.05, 0) is 43.4 Å². The Balaban J connectivity index is 1.99. The van der Waals surface area contributed by atoms with E-state index < -0.39 is 0 Å². The molecule has 1 aromatic rings. The summed E-state index contributed by atoms with van der Waals surface area (Å²) >= 11 is 0. The van der Waals surface area contributed by atoms with Gasteiger partial charge < -0.3 is 15.2 Å². The average Bonchev–Trinajstić information content (AvgIpc) is 2.79. The number of aliphatic imine (C=N–C) groups is 1. The van der Waals surface area contributed by atoms with Crippen LogP contribution in [0.4, 0.5) is 10.5 Å². The number of ether oxygens (including phenoxy) is 2. The largest absolute Gasteiger partial charge is 0.463 e. The molecule has 0 aromatic heterocycles. The minimum absolute atomic E-state index is 0.254. The molecule has 3 rings (SSSR count). The van der Waals surface area contributed by atoms with Crippen molar-refractivity contribution in [3.63, 3.8) is 0 Å². The van der Waals surface area contributed by atoms with Gasteiger partial charge in [0.15, 0.2) is 0 Å². The Kier molecular flexibility index (Phi) is 4.15. The molecule has 6 heteroatoms. The lowest BCUT2D eigenvalue weighted by Crippen LogP contribution is -2.32. The van der Waals surface area contributed by atoms with E-state index in [1.165, 1.54) is 18.2 Å². The highest BCUT2D eigenvalue weighted by atomic mass is 16.5. The number of anilines is 1. The topological polar surface area (TPSA) is 77.2 Å². The molecule has 2 aliphatic rings. The number of benzene rings is 1. The van der Waals surface area contributed by atoms with E-state index in [4.69, 9.17) is 15.2 Å². The Morgan fingerprint density at radius 3 is 3.00 bits per heavy atom. The molecule has 0 fully saturated rings. The maximum Gasteiger partial charge on any atom is 0.413 e. The summed E-state index contributed by atoms with van der Waals surface area (Å²) in [7, 11) is 1.41. The van der Waals surface area contributed by atoms with Crippen LogP contribution in [0.3, 0.4) is 0 Å². The Morgan fingerprint density at radius 2 is 2.35 bits per heavy atom. The van der Waals surface area contributed by atoms with Gasteiger partial charge in [-0.25, -0.2) is 9.79 Å². The Bertz CT molecular complexity index is 644. The quantitative estimate of drug-likeness (QED) is 0.907. The van der Waals surface area contributed by atoms with Crippen LogP contribution >= 0.6 is 0 Å². The van der Waals surface area contributed by atoms with Gasteiger partial charge in [0, 0.05) is 13.0 Å². The summed E-state index contributed by atoms with van der Waals surface area (Å²) in [5.41, 5.74) is 8.83. The van der Waals surface area contributed by atoms with E-state index in [1.54, 1.807) is 4.90 Å². The summed E-state index contributed by atoms with van der Waals surface area (Å²) in [5, 5.41) is 0. The summed E-state index contributed by atoms with van der Waals surface area (Å²) < 4.78 is 10.3. The number of hydrogen-bond donors (Lipinski definition) is 1. The zero-order valence-corrected chi connectivity index (χ0v) is 13.7. The molecule has 6 nitrogen and oxygen atoms in total. The molecule has 0 radical (unpaired) electrons. The zero-order chi connectivity index (χ0) is 16.4. The summed E-state index contributed by atoms with van der Waals surface area (Å²) in [5.74, 6) is 0. The van der Waals surface area contributed by atoms with Crippen LogP contribution < -0.4 is 10.6 Å². The van der Waals surface area contributed by atoms with Gasteiger partial charge in [0.25, 0.3) is 6.02 Å². The fourth-order valence-electron chi connectivity index (χ4n) is 3.60. The summed E-state index contributed by atoms with van der Waals surface area (Å²) in [6.45, 7) is 3.06. The molecule has 1 atom stereocenters. The van der Waals surface area contributed by atoms with E-state index in [2.05, 4.69) is 11.1 Å². The molecule has 1 aliphatic carbocycles. The minimum Gasteiger partial charge on any atom is -0.463 e. The molecule has 1 aliphatic heterocycles. The van der Waals surface area contributed by atoms with Crippen LogP contribution in [-0.4, -0.2) is 37.9 Å². The number of carbonyl (C=O) groups is 1. The van der Waals surface area contributed by atoms with Crippen molar-refractivity contribution in [1.29, 1.82) is 0 Å². The monoisotopic (exact) mass is 317 g/mol. The number of amides is 1. The molecule has 1 unspecified atom stereocenters. The second-order valence-corrected chi connectivity index (χ2v) is 6.12. The number of carbonyl (C=O) groups excluding carboxylic acids is 1. The van der Waals surface area contributed by atoms with E-state index in [0.717, 1.165) is 31.4 Å².